The zero-order valence-corrected chi connectivity index (χ0v) is 18.9. The van der Waals surface area contributed by atoms with Crippen molar-refractivity contribution in [2.75, 3.05) is 10.6 Å². The molecule has 0 saturated heterocycles. The predicted octanol–water partition coefficient (Wildman–Crippen LogP) is 4.72. The molecule has 1 aromatic heterocycles. The van der Waals surface area contributed by atoms with Gasteiger partial charge in [-0.2, -0.15) is 0 Å². The summed E-state index contributed by atoms with van der Waals surface area (Å²) in [5.74, 6) is -2.81. The maximum Gasteiger partial charge on any atom is 0.573 e. The van der Waals surface area contributed by atoms with Crippen LogP contribution in [-0.4, -0.2) is 40.6 Å². The molecule has 13 heteroatoms. The third-order valence-corrected chi connectivity index (χ3v) is 4.74. The first-order valence-electron chi connectivity index (χ1n) is 10.5. The number of nitrogens with one attached hydrogen (secondary N) is 3. The molecule has 1 heterocycles. The van der Waals surface area contributed by atoms with Crippen LogP contribution in [0, 0.1) is 5.92 Å². The zero-order valence-electron chi connectivity index (χ0n) is 18.9. The van der Waals surface area contributed by atoms with Gasteiger partial charge in [-0.05, 0) is 42.3 Å². The summed E-state index contributed by atoms with van der Waals surface area (Å²) in [5.41, 5.74) is 1.52. The summed E-state index contributed by atoms with van der Waals surface area (Å²) in [7, 11) is 0. The molecule has 4 N–H and O–H groups in total. The van der Waals surface area contributed by atoms with E-state index >= 15 is 0 Å². The van der Waals surface area contributed by atoms with Gasteiger partial charge >= 0.3 is 18.4 Å². The Balaban J connectivity index is 1.58. The standard InChI is InChI=1S/C23H21F3N4O6/c1-12(2)19(21(32)33)29-20(31)18-11-17(30-36-18)13-3-5-14(6-4-13)27-22(34)28-15-7-9-16(10-8-15)35-23(24,25)26/h3-12,19H,1-2H3,(H,29,31)(H,32,33)(H2,27,28,34)/t19-/m0/s1. The Kier molecular flexibility index (Phi) is 7.82. The van der Waals surface area contributed by atoms with E-state index < -0.39 is 36.1 Å². The number of rotatable bonds is 8. The van der Waals surface area contributed by atoms with E-state index in [-0.39, 0.29) is 17.4 Å². The Morgan fingerprint density at radius 1 is 0.972 bits per heavy atom. The number of amides is 3. The molecule has 0 fully saturated rings. The fraction of sp³-hybridized carbons (Fsp3) is 0.217. The van der Waals surface area contributed by atoms with Crippen molar-refractivity contribution in [2.45, 2.75) is 26.3 Å². The molecule has 3 rings (SSSR count). The molecule has 10 nitrogen and oxygen atoms in total. The number of carboxylic acids is 1. The van der Waals surface area contributed by atoms with Crippen LogP contribution in [-0.2, 0) is 4.79 Å². The van der Waals surface area contributed by atoms with Gasteiger partial charge in [0.2, 0.25) is 5.76 Å². The van der Waals surface area contributed by atoms with Crippen molar-refractivity contribution in [1.29, 1.82) is 0 Å². The van der Waals surface area contributed by atoms with Crippen LogP contribution in [0.2, 0.25) is 0 Å². The SMILES string of the molecule is CC(C)[C@H](NC(=O)c1cc(-c2ccc(NC(=O)Nc3ccc(OC(F)(F)F)cc3)cc2)no1)C(=O)O. The van der Waals surface area contributed by atoms with Crippen molar-refractivity contribution in [3.05, 3.63) is 60.4 Å². The Morgan fingerprint density at radius 3 is 2.03 bits per heavy atom. The van der Waals surface area contributed by atoms with Crippen LogP contribution in [0.1, 0.15) is 24.4 Å². The van der Waals surface area contributed by atoms with Gasteiger partial charge in [0.1, 0.15) is 17.5 Å². The van der Waals surface area contributed by atoms with Gasteiger partial charge in [-0.3, -0.25) is 4.79 Å². The zero-order chi connectivity index (χ0) is 26.5. The van der Waals surface area contributed by atoms with Crippen LogP contribution >= 0.6 is 0 Å². The molecule has 0 saturated carbocycles. The van der Waals surface area contributed by atoms with Crippen molar-refractivity contribution in [1.82, 2.24) is 10.5 Å². The molecule has 0 aliphatic heterocycles. The molecule has 36 heavy (non-hydrogen) atoms. The maximum atomic E-state index is 12.3. The second-order valence-corrected chi connectivity index (χ2v) is 7.84. The Morgan fingerprint density at radius 2 is 1.53 bits per heavy atom. The predicted molar refractivity (Wildman–Crippen MR) is 121 cm³/mol. The molecular formula is C23H21F3N4O6. The van der Waals surface area contributed by atoms with E-state index in [9.17, 15) is 32.7 Å². The number of carboxylic acid groups (broad SMARTS) is 1. The van der Waals surface area contributed by atoms with Crippen molar-refractivity contribution < 1.29 is 41.9 Å². The van der Waals surface area contributed by atoms with Crippen LogP contribution in [0.15, 0.2) is 59.1 Å². The summed E-state index contributed by atoms with van der Waals surface area (Å²) in [5, 5.41) is 20.4. The van der Waals surface area contributed by atoms with Crippen LogP contribution < -0.4 is 20.7 Å². The van der Waals surface area contributed by atoms with Crippen LogP contribution in [0.5, 0.6) is 5.75 Å². The lowest BCUT2D eigenvalue weighted by atomic mass is 10.0. The number of anilines is 2. The van der Waals surface area contributed by atoms with Crippen LogP contribution in [0.4, 0.5) is 29.3 Å². The highest BCUT2D eigenvalue weighted by Crippen LogP contribution is 2.25. The number of nitrogens with zero attached hydrogens (tertiary/aromatic N) is 1. The van der Waals surface area contributed by atoms with Gasteiger partial charge in [-0.1, -0.05) is 31.1 Å². The molecule has 0 aliphatic rings. The lowest BCUT2D eigenvalue weighted by Crippen LogP contribution is -2.44. The Labute approximate surface area is 202 Å². The summed E-state index contributed by atoms with van der Waals surface area (Å²) in [6.45, 7) is 3.31. The van der Waals surface area contributed by atoms with Gasteiger partial charge in [0, 0.05) is 23.0 Å². The molecular weight excluding hydrogens is 485 g/mol. The summed E-state index contributed by atoms with van der Waals surface area (Å²) in [6.07, 6.45) is -4.81. The fourth-order valence-corrected chi connectivity index (χ4v) is 3.00. The third kappa shape index (κ3) is 7.22. The second kappa shape index (κ2) is 10.8. The van der Waals surface area contributed by atoms with Gasteiger partial charge < -0.3 is 30.3 Å². The number of carbonyl (C=O) groups is 3. The first-order valence-corrected chi connectivity index (χ1v) is 10.5. The molecule has 2 aromatic carbocycles. The van der Waals surface area contributed by atoms with E-state index in [0.717, 1.165) is 12.1 Å². The number of hydrogen-bond donors (Lipinski definition) is 4. The first-order chi connectivity index (χ1) is 16.9. The molecule has 1 atom stereocenters. The number of benzene rings is 2. The summed E-state index contributed by atoms with van der Waals surface area (Å²) in [6, 6.07) is 10.6. The maximum absolute atomic E-state index is 12.3. The largest absolute Gasteiger partial charge is 0.573 e. The minimum Gasteiger partial charge on any atom is -0.480 e. The lowest BCUT2D eigenvalue weighted by molar-refractivity contribution is -0.274. The highest BCUT2D eigenvalue weighted by Gasteiger charge is 2.31. The second-order valence-electron chi connectivity index (χ2n) is 7.84. The summed E-state index contributed by atoms with van der Waals surface area (Å²) >= 11 is 0. The molecule has 190 valence electrons. The number of halogens is 3. The minimum atomic E-state index is -4.81. The molecule has 0 radical (unpaired) electrons. The van der Waals surface area contributed by atoms with E-state index in [1.54, 1.807) is 38.1 Å². The molecule has 0 aliphatic carbocycles. The molecule has 0 spiro atoms. The van der Waals surface area contributed by atoms with Crippen molar-refractivity contribution in [3.8, 4) is 17.0 Å². The van der Waals surface area contributed by atoms with E-state index in [1.165, 1.54) is 18.2 Å². The van der Waals surface area contributed by atoms with Gasteiger partial charge in [0.25, 0.3) is 5.91 Å². The minimum absolute atomic E-state index is 0.162. The molecule has 3 amide bonds. The lowest BCUT2D eigenvalue weighted by Gasteiger charge is -2.16. The molecule has 3 aromatic rings. The van der Waals surface area contributed by atoms with Gasteiger partial charge in [0.15, 0.2) is 0 Å². The monoisotopic (exact) mass is 506 g/mol. The highest BCUT2D eigenvalue weighted by atomic mass is 19.4. The smallest absolute Gasteiger partial charge is 0.480 e. The average Bonchev–Trinajstić information content (AvgIpc) is 3.28. The van der Waals surface area contributed by atoms with Crippen molar-refractivity contribution in [3.63, 3.8) is 0 Å². The van der Waals surface area contributed by atoms with Gasteiger partial charge in [0.05, 0.1) is 0 Å². The normalized spacial score (nSPS) is 12.1. The quantitative estimate of drug-likeness (QED) is 0.346. The van der Waals surface area contributed by atoms with Crippen molar-refractivity contribution in [2.24, 2.45) is 5.92 Å². The molecule has 0 unspecified atom stereocenters. The van der Waals surface area contributed by atoms with E-state index in [4.69, 9.17) is 4.52 Å². The summed E-state index contributed by atoms with van der Waals surface area (Å²) in [4.78, 5) is 35.7. The fourth-order valence-electron chi connectivity index (χ4n) is 3.00. The first kappa shape index (κ1) is 26.1. The number of ether oxygens (including phenoxy) is 1. The number of hydrogen-bond acceptors (Lipinski definition) is 6. The van der Waals surface area contributed by atoms with E-state index in [2.05, 4.69) is 25.8 Å². The number of aromatic nitrogens is 1. The molecule has 0 bridgehead atoms. The van der Waals surface area contributed by atoms with E-state index in [1.807, 2.05) is 0 Å². The average molecular weight is 506 g/mol. The number of urea groups is 1. The van der Waals surface area contributed by atoms with E-state index in [0.29, 0.717) is 16.9 Å². The number of aliphatic carboxylic acids is 1. The van der Waals surface area contributed by atoms with Crippen LogP contribution in [0.3, 0.4) is 0 Å². The Hall–Kier alpha value is -4.55. The number of carbonyl (C=O) groups excluding carboxylic acids is 2. The van der Waals surface area contributed by atoms with Gasteiger partial charge in [-0.15, -0.1) is 13.2 Å². The number of alkyl halides is 3. The topological polar surface area (TPSA) is 143 Å². The third-order valence-electron chi connectivity index (χ3n) is 4.74. The summed E-state index contributed by atoms with van der Waals surface area (Å²) < 4.78 is 45.5. The van der Waals surface area contributed by atoms with Crippen molar-refractivity contribution >= 4 is 29.3 Å². The highest BCUT2D eigenvalue weighted by molar-refractivity contribution is 6.00. The van der Waals surface area contributed by atoms with Gasteiger partial charge in [-0.25, -0.2) is 9.59 Å². The van der Waals surface area contributed by atoms with Crippen LogP contribution in [0.25, 0.3) is 11.3 Å². The Bertz CT molecular complexity index is 1220.